The van der Waals surface area contributed by atoms with E-state index in [1.807, 2.05) is 0 Å². The number of hydrogen-bond acceptors (Lipinski definition) is 1. The van der Waals surface area contributed by atoms with Crippen molar-refractivity contribution >= 4 is 55.2 Å². The molecule has 0 bridgehead atoms. The van der Waals surface area contributed by atoms with Crippen LogP contribution >= 0.6 is 0 Å². The van der Waals surface area contributed by atoms with Crippen LogP contribution in [-0.2, 0) is 4.79 Å². The summed E-state index contributed by atoms with van der Waals surface area (Å²) in [6, 6.07) is 0. The van der Waals surface area contributed by atoms with Gasteiger partial charge in [0.15, 0.2) is 0 Å². The van der Waals surface area contributed by atoms with E-state index >= 15 is 0 Å². The Kier molecular flexibility index (Phi) is 19.9. The van der Waals surface area contributed by atoms with Gasteiger partial charge in [-0.2, -0.15) is 0 Å². The zero-order valence-corrected chi connectivity index (χ0v) is 7.13. The predicted molar refractivity (Wildman–Crippen MR) is 19.7 cm³/mol. The molecule has 0 amide bonds. The molecule has 0 aliphatic carbocycles. The van der Waals surface area contributed by atoms with Crippen molar-refractivity contribution in [1.29, 1.82) is 0 Å². The van der Waals surface area contributed by atoms with E-state index in [1.165, 1.54) is 6.92 Å². The van der Waals surface area contributed by atoms with Gasteiger partial charge >= 0.3 is 48.9 Å². The fraction of sp³-hybridized carbons (Fsp3) is 0.500. The maximum absolute atomic E-state index is 8.81. The molecule has 0 fully saturated rings. The average Bonchev–Trinajstić information content (AvgIpc) is 0.918. The van der Waals surface area contributed by atoms with Crippen LogP contribution in [0.4, 0.5) is 0 Å². The molecular formula is C2H6BaO. The number of carbonyl (C=O) groups excluding carboxylic acids is 1. The zero-order valence-electron chi connectivity index (χ0n) is 4.69. The Balaban J connectivity index is -0.00000000667. The average molecular weight is 183 g/mol. The molecule has 1 nitrogen and oxygen atoms in total. The first-order valence-electron chi connectivity index (χ1n) is 0.813. The quantitative estimate of drug-likeness (QED) is 0.383. The van der Waals surface area contributed by atoms with Crippen LogP contribution in [0.2, 0.25) is 0 Å². The van der Waals surface area contributed by atoms with Crippen molar-refractivity contribution in [3.8, 4) is 0 Å². The van der Waals surface area contributed by atoms with Crippen LogP contribution in [0.15, 0.2) is 0 Å². The third-order valence-corrected chi connectivity index (χ3v) is 0. The largest absolute Gasteiger partial charge is 2.00 e. The first-order valence-corrected chi connectivity index (χ1v) is 0.813. The monoisotopic (exact) mass is 184 g/mol. The second-order valence-corrected chi connectivity index (χ2v) is 0.236. The molecular weight excluding hydrogens is 177 g/mol. The fourth-order valence-electron chi connectivity index (χ4n) is 0. The molecule has 0 N–H and O–H groups in total. The number of aldehydes is 1. The molecule has 0 aromatic heterocycles. The van der Waals surface area contributed by atoms with Crippen LogP contribution in [-0.4, -0.2) is 55.2 Å². The molecule has 0 aromatic carbocycles. The zero-order chi connectivity index (χ0) is 2.71. The minimum atomic E-state index is 0. The topological polar surface area (TPSA) is 17.1 Å². The maximum atomic E-state index is 8.81. The van der Waals surface area contributed by atoms with Gasteiger partial charge in [-0.25, -0.2) is 0 Å². The molecule has 0 saturated carbocycles. The van der Waals surface area contributed by atoms with Gasteiger partial charge < -0.3 is 7.65 Å². The van der Waals surface area contributed by atoms with Crippen molar-refractivity contribution in [1.82, 2.24) is 0 Å². The van der Waals surface area contributed by atoms with Crippen molar-refractivity contribution in [3.05, 3.63) is 0 Å². The molecule has 0 aromatic rings. The SMILES string of the molecule is CC=O.[Ba+2].[H-].[H-]. The summed E-state index contributed by atoms with van der Waals surface area (Å²) in [5, 5.41) is 0. The Morgan fingerprint density at radius 1 is 2.00 bits per heavy atom. The van der Waals surface area contributed by atoms with E-state index in [-0.39, 0.29) is 51.7 Å². The minimum Gasteiger partial charge on any atom is -1.00 e. The second-order valence-electron chi connectivity index (χ2n) is 0.236. The van der Waals surface area contributed by atoms with Gasteiger partial charge in [-0.05, 0) is 6.92 Å². The molecule has 0 saturated heterocycles. The molecule has 0 radical (unpaired) electrons. The summed E-state index contributed by atoms with van der Waals surface area (Å²) in [5.41, 5.74) is 0. The molecule has 22 valence electrons. The van der Waals surface area contributed by atoms with Gasteiger partial charge in [0.2, 0.25) is 0 Å². The van der Waals surface area contributed by atoms with Crippen LogP contribution in [0, 0.1) is 0 Å². The van der Waals surface area contributed by atoms with Gasteiger partial charge in [-0.1, -0.05) is 0 Å². The van der Waals surface area contributed by atoms with Gasteiger partial charge in [0.1, 0.15) is 6.29 Å². The van der Waals surface area contributed by atoms with E-state index in [0.717, 1.165) is 6.29 Å². The van der Waals surface area contributed by atoms with Crippen LogP contribution in [0.1, 0.15) is 9.78 Å². The van der Waals surface area contributed by atoms with Crippen LogP contribution in [0.3, 0.4) is 0 Å². The maximum Gasteiger partial charge on any atom is 2.00 e. The van der Waals surface area contributed by atoms with E-state index in [1.54, 1.807) is 0 Å². The van der Waals surface area contributed by atoms with E-state index in [0.29, 0.717) is 0 Å². The van der Waals surface area contributed by atoms with Gasteiger partial charge in [-0.3, -0.25) is 0 Å². The molecule has 0 spiro atoms. The van der Waals surface area contributed by atoms with Crippen molar-refractivity contribution in [3.63, 3.8) is 0 Å². The van der Waals surface area contributed by atoms with Crippen LogP contribution in [0.25, 0.3) is 0 Å². The van der Waals surface area contributed by atoms with E-state index < -0.39 is 0 Å². The van der Waals surface area contributed by atoms with Crippen molar-refractivity contribution in [2.45, 2.75) is 6.92 Å². The van der Waals surface area contributed by atoms with Gasteiger partial charge in [0.25, 0.3) is 0 Å². The van der Waals surface area contributed by atoms with Crippen molar-refractivity contribution in [2.75, 3.05) is 0 Å². The number of rotatable bonds is 0. The molecule has 0 aliphatic rings. The summed E-state index contributed by atoms with van der Waals surface area (Å²) in [6.45, 7) is 1.44. The summed E-state index contributed by atoms with van der Waals surface area (Å²) < 4.78 is 0. The number of hydrogen-bond donors (Lipinski definition) is 0. The normalized spacial score (nSPS) is 3.25. The molecule has 2 heteroatoms. The third-order valence-electron chi connectivity index (χ3n) is 0. The summed E-state index contributed by atoms with van der Waals surface area (Å²) in [7, 11) is 0. The van der Waals surface area contributed by atoms with Gasteiger partial charge in [-0.15, -0.1) is 0 Å². The molecule has 0 aliphatic heterocycles. The molecule has 0 unspecified atom stereocenters. The molecule has 4 heavy (non-hydrogen) atoms. The summed E-state index contributed by atoms with van der Waals surface area (Å²) in [6.07, 6.45) is 0.750. The van der Waals surface area contributed by atoms with E-state index in [9.17, 15) is 0 Å². The Hall–Kier alpha value is 1.24. The third kappa shape index (κ3) is 10.6. The minimum absolute atomic E-state index is 0. The Bertz CT molecular complexity index is 19.0. The summed E-state index contributed by atoms with van der Waals surface area (Å²) >= 11 is 0. The Morgan fingerprint density at radius 2 is 2.00 bits per heavy atom. The van der Waals surface area contributed by atoms with Crippen molar-refractivity contribution < 1.29 is 7.65 Å². The van der Waals surface area contributed by atoms with Gasteiger partial charge in [0.05, 0.1) is 0 Å². The fourth-order valence-corrected chi connectivity index (χ4v) is 0. The Morgan fingerprint density at radius 3 is 2.00 bits per heavy atom. The van der Waals surface area contributed by atoms with E-state index in [4.69, 9.17) is 4.79 Å². The standard InChI is InChI=1S/C2H4O.Ba.2H/c1-2-3;;;/h2H,1H3;;;/q;+2;2*-1. The van der Waals surface area contributed by atoms with Crippen molar-refractivity contribution in [2.24, 2.45) is 0 Å². The van der Waals surface area contributed by atoms with Crippen LogP contribution < -0.4 is 0 Å². The first kappa shape index (κ1) is 8.97. The predicted octanol–water partition coefficient (Wildman–Crippen LogP) is 0.0494. The summed E-state index contributed by atoms with van der Waals surface area (Å²) in [5.74, 6) is 0. The summed E-state index contributed by atoms with van der Waals surface area (Å²) in [4.78, 5) is 8.81. The second kappa shape index (κ2) is 8.87. The van der Waals surface area contributed by atoms with Crippen LogP contribution in [0.5, 0.6) is 0 Å². The first-order chi connectivity index (χ1) is 1.41. The Labute approximate surface area is 68.8 Å². The molecule has 0 rings (SSSR count). The van der Waals surface area contributed by atoms with Gasteiger partial charge in [0, 0.05) is 0 Å². The number of carbonyl (C=O) groups is 1. The smallest absolute Gasteiger partial charge is 1.00 e. The molecule has 0 heterocycles. The van der Waals surface area contributed by atoms with E-state index in [2.05, 4.69) is 0 Å². The molecule has 0 atom stereocenters.